The number of carbonyl (C=O) groups is 1. The SMILES string of the molecule is CC[C@H](CNC(=O)O)Nc1nc(Nc2ccc3ncccc3c2)c(C#N)cc1F. The maximum Gasteiger partial charge on any atom is 0.404 e. The van der Waals surface area contributed by atoms with Crippen molar-refractivity contribution in [2.24, 2.45) is 0 Å². The summed E-state index contributed by atoms with van der Waals surface area (Å²) < 4.78 is 14.4. The Morgan fingerprint density at radius 2 is 2.14 bits per heavy atom. The summed E-state index contributed by atoms with van der Waals surface area (Å²) in [4.78, 5) is 19.2. The Kier molecular flexibility index (Phi) is 6.04. The van der Waals surface area contributed by atoms with Crippen molar-refractivity contribution < 1.29 is 14.3 Å². The highest BCUT2D eigenvalue weighted by molar-refractivity contribution is 5.83. The van der Waals surface area contributed by atoms with E-state index >= 15 is 0 Å². The number of aromatic nitrogens is 2. The first kappa shape index (κ1) is 19.8. The number of carboxylic acid groups (broad SMARTS) is 1. The quantitative estimate of drug-likeness (QED) is 0.480. The summed E-state index contributed by atoms with van der Waals surface area (Å²) in [5, 5.41) is 27.2. The minimum Gasteiger partial charge on any atom is -0.465 e. The number of halogens is 1. The van der Waals surface area contributed by atoms with Gasteiger partial charge in [0.1, 0.15) is 6.07 Å². The van der Waals surface area contributed by atoms with Crippen molar-refractivity contribution >= 4 is 34.3 Å². The smallest absolute Gasteiger partial charge is 0.404 e. The molecule has 0 fully saturated rings. The molecule has 0 aliphatic carbocycles. The topological polar surface area (TPSA) is 123 Å². The summed E-state index contributed by atoms with van der Waals surface area (Å²) in [6.45, 7) is 1.93. The van der Waals surface area contributed by atoms with Gasteiger partial charge in [-0.2, -0.15) is 5.26 Å². The normalized spacial score (nSPS) is 11.5. The number of hydrogen-bond donors (Lipinski definition) is 4. The number of fused-ring (bicyclic) bond motifs is 1. The Hall–Kier alpha value is -3.93. The monoisotopic (exact) mass is 394 g/mol. The first-order valence-electron chi connectivity index (χ1n) is 8.96. The highest BCUT2D eigenvalue weighted by Gasteiger charge is 2.16. The lowest BCUT2D eigenvalue weighted by atomic mass is 10.2. The number of nitrogens with zero attached hydrogens (tertiary/aromatic N) is 3. The van der Waals surface area contributed by atoms with E-state index in [4.69, 9.17) is 5.11 Å². The molecule has 0 saturated carbocycles. The van der Waals surface area contributed by atoms with Crippen LogP contribution in [0.2, 0.25) is 0 Å². The van der Waals surface area contributed by atoms with Crippen LogP contribution in [0, 0.1) is 17.1 Å². The van der Waals surface area contributed by atoms with Crippen LogP contribution in [0.5, 0.6) is 0 Å². The summed E-state index contributed by atoms with van der Waals surface area (Å²) in [6, 6.07) is 11.9. The van der Waals surface area contributed by atoms with Crippen LogP contribution in [-0.2, 0) is 0 Å². The van der Waals surface area contributed by atoms with Gasteiger partial charge in [-0.15, -0.1) is 0 Å². The second kappa shape index (κ2) is 8.84. The van der Waals surface area contributed by atoms with E-state index in [1.165, 1.54) is 0 Å². The molecule has 0 spiro atoms. The largest absolute Gasteiger partial charge is 0.465 e. The van der Waals surface area contributed by atoms with E-state index in [0.29, 0.717) is 12.1 Å². The van der Waals surface area contributed by atoms with Crippen LogP contribution in [0.15, 0.2) is 42.6 Å². The standard InChI is InChI=1S/C20H19FN6O2/c1-2-14(11-24-20(28)29)25-19-16(21)9-13(10-22)18(27-19)26-15-5-6-17-12(8-15)4-3-7-23-17/h3-9,14,24H,2,11H2,1H3,(H,28,29)(H2,25,26,27)/t14-/m1/s1. The summed E-state index contributed by atoms with van der Waals surface area (Å²) in [5.41, 5.74) is 1.55. The lowest BCUT2D eigenvalue weighted by molar-refractivity contribution is 0.194. The van der Waals surface area contributed by atoms with Crippen LogP contribution >= 0.6 is 0 Å². The van der Waals surface area contributed by atoms with Gasteiger partial charge in [-0.3, -0.25) is 4.98 Å². The van der Waals surface area contributed by atoms with Gasteiger partial charge in [0, 0.05) is 29.9 Å². The molecule has 148 valence electrons. The molecule has 3 aromatic rings. The number of nitriles is 1. The lowest BCUT2D eigenvalue weighted by Crippen LogP contribution is -2.35. The molecule has 0 saturated heterocycles. The predicted molar refractivity (Wildman–Crippen MR) is 108 cm³/mol. The fraction of sp³-hybridized carbons (Fsp3) is 0.200. The molecule has 29 heavy (non-hydrogen) atoms. The van der Waals surface area contributed by atoms with Gasteiger partial charge in [-0.05, 0) is 36.8 Å². The van der Waals surface area contributed by atoms with E-state index < -0.39 is 11.9 Å². The van der Waals surface area contributed by atoms with Crippen molar-refractivity contribution in [3.63, 3.8) is 0 Å². The number of hydrogen-bond acceptors (Lipinski definition) is 6. The Labute approximate surface area is 166 Å². The second-order valence-corrected chi connectivity index (χ2v) is 6.30. The molecule has 1 atom stereocenters. The van der Waals surface area contributed by atoms with E-state index in [1.807, 2.05) is 37.3 Å². The molecule has 9 heteroatoms. The molecule has 0 aliphatic heterocycles. The van der Waals surface area contributed by atoms with Crippen LogP contribution < -0.4 is 16.0 Å². The first-order valence-corrected chi connectivity index (χ1v) is 8.96. The van der Waals surface area contributed by atoms with Crippen LogP contribution in [-0.4, -0.2) is 33.8 Å². The van der Waals surface area contributed by atoms with Gasteiger partial charge in [-0.1, -0.05) is 13.0 Å². The number of amides is 1. The van der Waals surface area contributed by atoms with Gasteiger partial charge in [0.2, 0.25) is 0 Å². The summed E-state index contributed by atoms with van der Waals surface area (Å²) in [7, 11) is 0. The molecule has 8 nitrogen and oxygen atoms in total. The van der Waals surface area contributed by atoms with Crippen LogP contribution in [0.1, 0.15) is 18.9 Å². The highest BCUT2D eigenvalue weighted by atomic mass is 19.1. The van der Waals surface area contributed by atoms with Crippen LogP contribution in [0.25, 0.3) is 10.9 Å². The maximum atomic E-state index is 14.4. The Morgan fingerprint density at radius 1 is 1.31 bits per heavy atom. The average molecular weight is 394 g/mol. The molecule has 0 radical (unpaired) electrons. The van der Waals surface area contributed by atoms with E-state index in [1.54, 1.807) is 12.3 Å². The van der Waals surface area contributed by atoms with Crippen LogP contribution in [0.3, 0.4) is 0 Å². The molecular formula is C20H19FN6O2. The van der Waals surface area contributed by atoms with Gasteiger partial charge in [0.15, 0.2) is 17.5 Å². The molecule has 2 heterocycles. The van der Waals surface area contributed by atoms with Crippen molar-refractivity contribution in [1.29, 1.82) is 5.26 Å². The zero-order chi connectivity index (χ0) is 20.8. The Balaban J connectivity index is 1.88. The van der Waals surface area contributed by atoms with Crippen molar-refractivity contribution in [1.82, 2.24) is 15.3 Å². The first-order chi connectivity index (χ1) is 14.0. The molecule has 1 aromatic carbocycles. The van der Waals surface area contributed by atoms with E-state index in [-0.39, 0.29) is 29.8 Å². The number of benzene rings is 1. The third-order valence-electron chi connectivity index (χ3n) is 4.30. The number of anilines is 3. The molecule has 0 aliphatic rings. The van der Waals surface area contributed by atoms with Crippen molar-refractivity contribution in [3.8, 4) is 6.07 Å². The predicted octanol–water partition coefficient (Wildman–Crippen LogP) is 3.84. The third-order valence-corrected chi connectivity index (χ3v) is 4.30. The number of rotatable bonds is 7. The fourth-order valence-corrected chi connectivity index (χ4v) is 2.76. The zero-order valence-corrected chi connectivity index (χ0v) is 15.6. The molecule has 0 unspecified atom stereocenters. The van der Waals surface area contributed by atoms with E-state index in [0.717, 1.165) is 17.0 Å². The van der Waals surface area contributed by atoms with Crippen molar-refractivity contribution in [2.45, 2.75) is 19.4 Å². The minimum atomic E-state index is -1.16. The third kappa shape index (κ3) is 4.87. The molecule has 4 N–H and O–H groups in total. The van der Waals surface area contributed by atoms with Gasteiger partial charge < -0.3 is 21.1 Å². The summed E-state index contributed by atoms with van der Waals surface area (Å²) in [6.07, 6.45) is 1.08. The Bertz CT molecular complexity index is 1080. The molecule has 1 amide bonds. The van der Waals surface area contributed by atoms with Gasteiger partial charge in [0.25, 0.3) is 0 Å². The van der Waals surface area contributed by atoms with Crippen molar-refractivity contribution in [3.05, 3.63) is 54.0 Å². The lowest BCUT2D eigenvalue weighted by Gasteiger charge is -2.19. The molecule has 3 rings (SSSR count). The van der Waals surface area contributed by atoms with Crippen molar-refractivity contribution in [2.75, 3.05) is 17.2 Å². The van der Waals surface area contributed by atoms with Crippen LogP contribution in [0.4, 0.5) is 26.5 Å². The van der Waals surface area contributed by atoms with Gasteiger partial charge in [0.05, 0.1) is 11.1 Å². The zero-order valence-electron chi connectivity index (χ0n) is 15.6. The van der Waals surface area contributed by atoms with Gasteiger partial charge in [-0.25, -0.2) is 14.2 Å². The second-order valence-electron chi connectivity index (χ2n) is 6.30. The number of nitrogens with one attached hydrogen (secondary N) is 3. The summed E-state index contributed by atoms with van der Waals surface area (Å²) >= 11 is 0. The summed E-state index contributed by atoms with van der Waals surface area (Å²) in [5.74, 6) is -0.558. The maximum absolute atomic E-state index is 14.4. The fourth-order valence-electron chi connectivity index (χ4n) is 2.76. The van der Waals surface area contributed by atoms with Gasteiger partial charge >= 0.3 is 6.09 Å². The molecular weight excluding hydrogens is 375 g/mol. The minimum absolute atomic E-state index is 0.0519. The Morgan fingerprint density at radius 3 is 2.86 bits per heavy atom. The average Bonchev–Trinajstić information content (AvgIpc) is 2.72. The van der Waals surface area contributed by atoms with E-state index in [2.05, 4.69) is 25.9 Å². The molecule has 0 bridgehead atoms. The molecule has 2 aromatic heterocycles. The number of pyridine rings is 2. The highest BCUT2D eigenvalue weighted by Crippen LogP contribution is 2.25. The van der Waals surface area contributed by atoms with E-state index in [9.17, 15) is 14.4 Å².